The predicted octanol–water partition coefficient (Wildman–Crippen LogP) is 0.617. The molecule has 0 N–H and O–H groups in total. The van der Waals surface area contributed by atoms with Gasteiger partial charge in [0, 0.05) is 0 Å². The molecule has 0 saturated heterocycles. The number of hydrogen-bond acceptors (Lipinski definition) is 1. The Balaban J connectivity index is 2.49. The zero-order valence-corrected chi connectivity index (χ0v) is 6.51. The lowest BCUT2D eigenvalue weighted by atomic mass is 10.3. The van der Waals surface area contributed by atoms with Gasteiger partial charge in [0.05, 0.1) is 6.20 Å². The van der Waals surface area contributed by atoms with E-state index in [1.807, 2.05) is 18.7 Å². The zero-order valence-electron chi connectivity index (χ0n) is 6.51. The van der Waals surface area contributed by atoms with E-state index in [9.17, 15) is 0 Å². The van der Waals surface area contributed by atoms with Crippen LogP contribution in [0.2, 0.25) is 0 Å². The summed E-state index contributed by atoms with van der Waals surface area (Å²) >= 11 is 0. The van der Waals surface area contributed by atoms with Gasteiger partial charge < -0.3 is 0 Å². The monoisotopic (exact) mass is 158 g/mol. The van der Waals surface area contributed by atoms with E-state index in [1.54, 1.807) is 0 Å². The van der Waals surface area contributed by atoms with Crippen molar-refractivity contribution in [3.8, 4) is 0 Å². The Hall–Kier alpha value is -1.64. The summed E-state index contributed by atoms with van der Waals surface area (Å²) in [4.78, 5) is 4.19. The first-order chi connectivity index (χ1) is 5.95. The maximum Gasteiger partial charge on any atom is 0.255 e. The average molecular weight is 158 g/mol. The molecule has 3 rings (SSSR count). The van der Waals surface area contributed by atoms with Crippen molar-refractivity contribution in [2.45, 2.75) is 6.54 Å². The predicted molar refractivity (Wildman–Crippen MR) is 45.2 cm³/mol. The van der Waals surface area contributed by atoms with E-state index in [0.29, 0.717) is 0 Å². The normalized spacial score (nSPS) is 14.0. The summed E-state index contributed by atoms with van der Waals surface area (Å²) in [6.45, 7) is 0.806. The highest BCUT2D eigenvalue weighted by Crippen LogP contribution is 2.11. The minimum atomic E-state index is 0.806. The second-order valence-corrected chi connectivity index (χ2v) is 2.92. The quantitative estimate of drug-likeness (QED) is 0.501. The van der Waals surface area contributed by atoms with Crippen LogP contribution in [-0.2, 0) is 6.54 Å². The number of nitrogens with zero attached hydrogens (tertiary/aromatic N) is 3. The van der Waals surface area contributed by atoms with Crippen LogP contribution in [-0.4, -0.2) is 10.9 Å². The molecule has 0 atom stereocenters. The highest BCUT2D eigenvalue weighted by Gasteiger charge is 2.18. The molecule has 1 aliphatic heterocycles. The maximum absolute atomic E-state index is 4.19. The second kappa shape index (κ2) is 1.94. The molecule has 0 bridgehead atoms. The van der Waals surface area contributed by atoms with Crippen LogP contribution in [0, 0.1) is 0 Å². The van der Waals surface area contributed by atoms with E-state index in [2.05, 4.69) is 32.3 Å². The fraction of sp³-hybridized carbons (Fsp3) is 0.111. The molecule has 0 saturated carbocycles. The lowest BCUT2D eigenvalue weighted by Gasteiger charge is -1.84. The Morgan fingerprint density at radius 2 is 2.42 bits per heavy atom. The first-order valence-electron chi connectivity index (χ1n) is 3.95. The summed E-state index contributed by atoms with van der Waals surface area (Å²) in [5, 5.41) is 0. The first-order valence-corrected chi connectivity index (χ1v) is 3.95. The molecule has 2 aromatic rings. The molecule has 3 heterocycles. The molecule has 1 aliphatic rings. The van der Waals surface area contributed by atoms with Crippen molar-refractivity contribution < 1.29 is 4.40 Å². The van der Waals surface area contributed by atoms with Crippen LogP contribution >= 0.6 is 0 Å². The third kappa shape index (κ3) is 0.605. The van der Waals surface area contributed by atoms with Gasteiger partial charge >= 0.3 is 0 Å². The minimum Gasteiger partial charge on any atom is -0.245 e. The summed E-state index contributed by atoms with van der Waals surface area (Å²) in [7, 11) is 0. The van der Waals surface area contributed by atoms with E-state index in [1.165, 1.54) is 11.2 Å². The Kier molecular flexibility index (Phi) is 0.961. The third-order valence-corrected chi connectivity index (χ3v) is 2.19. The van der Waals surface area contributed by atoms with Crippen LogP contribution in [0.1, 0.15) is 5.69 Å². The Morgan fingerprint density at radius 3 is 3.42 bits per heavy atom. The SMILES string of the molecule is C1=NCc2c3cccc[n+]3cn21. The van der Waals surface area contributed by atoms with E-state index >= 15 is 0 Å². The molecular formula is C9H8N3+. The highest BCUT2D eigenvalue weighted by molar-refractivity contribution is 5.66. The summed E-state index contributed by atoms with van der Waals surface area (Å²) in [5.74, 6) is 0. The molecule has 0 unspecified atom stereocenters. The second-order valence-electron chi connectivity index (χ2n) is 2.92. The lowest BCUT2D eigenvalue weighted by molar-refractivity contribution is -0.511. The first kappa shape index (κ1) is 5.94. The van der Waals surface area contributed by atoms with E-state index in [-0.39, 0.29) is 0 Å². The topological polar surface area (TPSA) is 21.4 Å². The van der Waals surface area contributed by atoms with Crippen molar-refractivity contribution in [3.63, 3.8) is 0 Å². The molecule has 0 radical (unpaired) electrons. The number of rotatable bonds is 0. The Morgan fingerprint density at radius 1 is 1.42 bits per heavy atom. The molecule has 0 aromatic carbocycles. The molecular weight excluding hydrogens is 150 g/mol. The van der Waals surface area contributed by atoms with Gasteiger partial charge in [0.2, 0.25) is 0 Å². The summed E-state index contributed by atoms with van der Waals surface area (Å²) < 4.78 is 4.18. The van der Waals surface area contributed by atoms with Gasteiger partial charge in [-0.2, -0.15) is 4.57 Å². The van der Waals surface area contributed by atoms with Gasteiger partial charge in [-0.25, -0.2) is 9.39 Å². The molecule has 0 amide bonds. The van der Waals surface area contributed by atoms with E-state index < -0.39 is 0 Å². The lowest BCUT2D eigenvalue weighted by Crippen LogP contribution is -2.17. The van der Waals surface area contributed by atoms with Gasteiger partial charge in [-0.15, -0.1) is 0 Å². The number of hydrogen-bond donors (Lipinski definition) is 0. The van der Waals surface area contributed by atoms with Gasteiger partial charge in [0.15, 0.2) is 17.5 Å². The average Bonchev–Trinajstić information content (AvgIpc) is 2.62. The van der Waals surface area contributed by atoms with Crippen LogP contribution in [0.3, 0.4) is 0 Å². The van der Waals surface area contributed by atoms with Crippen molar-refractivity contribution in [1.29, 1.82) is 0 Å². The molecule has 3 nitrogen and oxygen atoms in total. The van der Waals surface area contributed by atoms with Crippen LogP contribution in [0.4, 0.5) is 0 Å². The van der Waals surface area contributed by atoms with E-state index in [0.717, 1.165) is 6.54 Å². The fourth-order valence-corrected chi connectivity index (χ4v) is 1.61. The number of pyridine rings is 1. The minimum absolute atomic E-state index is 0.806. The third-order valence-electron chi connectivity index (χ3n) is 2.19. The number of aliphatic imine (C=N–C) groups is 1. The molecule has 3 heteroatoms. The van der Waals surface area contributed by atoms with Crippen molar-refractivity contribution in [3.05, 3.63) is 36.4 Å². The van der Waals surface area contributed by atoms with Crippen LogP contribution < -0.4 is 4.40 Å². The standard InChI is InChI=1S/C9H8N3/c1-2-4-11-7-12-6-10-5-9(12)8(11)3-1/h1-4,6-7H,5H2/q+1. The molecule has 0 aliphatic carbocycles. The van der Waals surface area contributed by atoms with Crippen molar-refractivity contribution in [1.82, 2.24) is 4.57 Å². The number of aromatic nitrogens is 2. The largest absolute Gasteiger partial charge is 0.255 e. The van der Waals surface area contributed by atoms with Gasteiger partial charge in [-0.3, -0.25) is 0 Å². The molecule has 58 valence electrons. The Labute approximate surface area is 69.6 Å². The smallest absolute Gasteiger partial charge is 0.245 e. The zero-order chi connectivity index (χ0) is 7.97. The van der Waals surface area contributed by atoms with Crippen LogP contribution in [0.25, 0.3) is 5.52 Å². The van der Waals surface area contributed by atoms with Crippen LogP contribution in [0.5, 0.6) is 0 Å². The van der Waals surface area contributed by atoms with Gasteiger partial charge in [0.1, 0.15) is 6.54 Å². The summed E-state index contributed by atoms with van der Waals surface area (Å²) in [6.07, 6.45) is 5.96. The highest BCUT2D eigenvalue weighted by atomic mass is 15.2. The Bertz CT molecular complexity index is 468. The summed E-state index contributed by atoms with van der Waals surface area (Å²) in [5.41, 5.74) is 2.52. The molecule has 0 spiro atoms. The maximum atomic E-state index is 4.19. The van der Waals surface area contributed by atoms with Crippen molar-refractivity contribution in [2.75, 3.05) is 0 Å². The van der Waals surface area contributed by atoms with Crippen molar-refractivity contribution >= 4 is 11.9 Å². The van der Waals surface area contributed by atoms with Gasteiger partial charge in [-0.05, 0) is 12.1 Å². The summed E-state index contributed by atoms with van der Waals surface area (Å²) in [6, 6.07) is 6.19. The number of fused-ring (bicyclic) bond motifs is 3. The van der Waals surface area contributed by atoms with Gasteiger partial charge in [-0.1, -0.05) is 6.07 Å². The van der Waals surface area contributed by atoms with Crippen molar-refractivity contribution in [2.24, 2.45) is 4.99 Å². The van der Waals surface area contributed by atoms with Crippen LogP contribution in [0.15, 0.2) is 35.7 Å². The fourth-order valence-electron chi connectivity index (χ4n) is 1.61. The number of imidazole rings is 1. The molecule has 0 fully saturated rings. The van der Waals surface area contributed by atoms with Gasteiger partial charge in [0.25, 0.3) is 6.33 Å². The molecule has 12 heavy (non-hydrogen) atoms. The van der Waals surface area contributed by atoms with E-state index in [4.69, 9.17) is 0 Å². The molecule has 2 aromatic heterocycles.